The molecule has 0 saturated heterocycles. The first-order valence-corrected chi connectivity index (χ1v) is 6.55. The van der Waals surface area contributed by atoms with Crippen LogP contribution in [0.25, 0.3) is 0 Å². The predicted octanol–water partition coefficient (Wildman–Crippen LogP) is 1.61. The molecule has 0 unspecified atom stereocenters. The maximum atomic E-state index is 5.38. The van der Waals surface area contributed by atoms with Gasteiger partial charge in [-0.1, -0.05) is 0 Å². The van der Waals surface area contributed by atoms with Crippen molar-refractivity contribution in [2.45, 2.75) is 32.9 Å². The van der Waals surface area contributed by atoms with Gasteiger partial charge in [0, 0.05) is 32.5 Å². The summed E-state index contributed by atoms with van der Waals surface area (Å²) in [6, 6.07) is 2.48. The van der Waals surface area contributed by atoms with Crippen molar-refractivity contribution in [1.29, 1.82) is 0 Å². The zero-order chi connectivity index (χ0) is 13.2. The van der Waals surface area contributed by atoms with Crippen LogP contribution in [0.3, 0.4) is 0 Å². The smallest absolute Gasteiger partial charge is 0.0762 e. The number of methoxy groups -OCH3 is 1. The molecule has 0 spiro atoms. The lowest BCUT2D eigenvalue weighted by Crippen LogP contribution is -2.17. The van der Waals surface area contributed by atoms with Crippen molar-refractivity contribution in [1.82, 2.24) is 15.1 Å². The quantitative estimate of drug-likeness (QED) is 0.645. The van der Waals surface area contributed by atoms with Crippen LogP contribution in [0.1, 0.15) is 32.0 Å². The highest BCUT2D eigenvalue weighted by Crippen LogP contribution is 2.03. The molecule has 0 amide bonds. The van der Waals surface area contributed by atoms with E-state index in [4.69, 9.17) is 9.47 Å². The van der Waals surface area contributed by atoms with E-state index < -0.39 is 0 Å². The molecule has 1 rings (SSSR count). The molecule has 5 heteroatoms. The van der Waals surface area contributed by atoms with E-state index >= 15 is 0 Å². The summed E-state index contributed by atoms with van der Waals surface area (Å²) in [6.45, 7) is 8.13. The Balaban J connectivity index is 2.00. The lowest BCUT2D eigenvalue weighted by molar-refractivity contribution is 0.0694. The van der Waals surface area contributed by atoms with Crippen molar-refractivity contribution in [3.05, 3.63) is 18.0 Å². The molecule has 0 aromatic carbocycles. The van der Waals surface area contributed by atoms with E-state index in [2.05, 4.69) is 30.3 Å². The summed E-state index contributed by atoms with van der Waals surface area (Å²) in [5, 5.41) is 7.83. The van der Waals surface area contributed by atoms with E-state index in [0.29, 0.717) is 19.3 Å². The van der Waals surface area contributed by atoms with E-state index in [1.165, 1.54) is 0 Å². The molecule has 0 atom stereocenters. The monoisotopic (exact) mass is 255 g/mol. The molecule has 0 saturated carbocycles. The molecule has 0 aliphatic heterocycles. The van der Waals surface area contributed by atoms with Crippen LogP contribution in [0.15, 0.2) is 12.3 Å². The molecule has 1 N–H and O–H groups in total. The number of aromatic nitrogens is 2. The maximum Gasteiger partial charge on any atom is 0.0762 e. The Morgan fingerprint density at radius 3 is 2.83 bits per heavy atom. The van der Waals surface area contributed by atoms with Crippen molar-refractivity contribution in [3.63, 3.8) is 0 Å². The molecule has 1 aromatic rings. The van der Waals surface area contributed by atoms with Crippen LogP contribution in [0.4, 0.5) is 0 Å². The minimum absolute atomic E-state index is 0.424. The minimum atomic E-state index is 0.424. The van der Waals surface area contributed by atoms with E-state index in [0.717, 1.165) is 31.8 Å². The first kappa shape index (κ1) is 15.1. The second-order valence-corrected chi connectivity index (χ2v) is 4.52. The molecule has 5 nitrogen and oxygen atoms in total. The summed E-state index contributed by atoms with van der Waals surface area (Å²) in [5.41, 5.74) is 1.09. The zero-order valence-corrected chi connectivity index (χ0v) is 11.7. The third kappa shape index (κ3) is 6.14. The molecule has 18 heavy (non-hydrogen) atoms. The third-order valence-corrected chi connectivity index (χ3v) is 2.57. The van der Waals surface area contributed by atoms with Crippen molar-refractivity contribution in [3.8, 4) is 0 Å². The average molecular weight is 255 g/mol. The van der Waals surface area contributed by atoms with Gasteiger partial charge in [-0.3, -0.25) is 4.68 Å². The number of nitrogens with one attached hydrogen (secondary N) is 1. The van der Waals surface area contributed by atoms with E-state index in [1.54, 1.807) is 7.11 Å². The molecule has 1 heterocycles. The normalized spacial score (nSPS) is 11.3. The zero-order valence-electron chi connectivity index (χ0n) is 11.7. The molecule has 0 aliphatic rings. The highest BCUT2D eigenvalue weighted by atomic mass is 16.5. The van der Waals surface area contributed by atoms with Crippen molar-refractivity contribution >= 4 is 0 Å². The fourth-order valence-corrected chi connectivity index (χ4v) is 1.52. The lowest BCUT2D eigenvalue weighted by atomic mass is 10.4. The van der Waals surface area contributed by atoms with Gasteiger partial charge in [-0.05, 0) is 32.9 Å². The van der Waals surface area contributed by atoms with Crippen LogP contribution in [0.5, 0.6) is 0 Å². The summed E-state index contributed by atoms with van der Waals surface area (Å²) in [5.74, 6) is 0. The second kappa shape index (κ2) is 9.08. The number of rotatable bonds is 10. The standard InChI is InChI=1S/C13H25N3O2/c1-12(2)16-7-5-13(15-16)11-14-6-4-8-18-10-9-17-3/h5,7,12,14H,4,6,8-11H2,1-3H3. The van der Waals surface area contributed by atoms with Gasteiger partial charge < -0.3 is 14.8 Å². The van der Waals surface area contributed by atoms with Crippen molar-refractivity contribution in [2.24, 2.45) is 0 Å². The van der Waals surface area contributed by atoms with Gasteiger partial charge in [0.15, 0.2) is 0 Å². The predicted molar refractivity (Wildman–Crippen MR) is 71.6 cm³/mol. The molecule has 0 radical (unpaired) electrons. The van der Waals surface area contributed by atoms with Crippen LogP contribution in [0, 0.1) is 0 Å². The van der Waals surface area contributed by atoms with E-state index in [1.807, 2.05) is 10.9 Å². The fourth-order valence-electron chi connectivity index (χ4n) is 1.52. The molecule has 0 bridgehead atoms. The number of ether oxygens (including phenoxy) is 2. The molecule has 104 valence electrons. The van der Waals surface area contributed by atoms with Crippen molar-refractivity contribution < 1.29 is 9.47 Å². The highest BCUT2D eigenvalue weighted by Gasteiger charge is 2.01. The first-order valence-electron chi connectivity index (χ1n) is 6.55. The summed E-state index contributed by atoms with van der Waals surface area (Å²) in [4.78, 5) is 0. The Labute approximate surface area is 109 Å². The Hall–Kier alpha value is -0.910. The lowest BCUT2D eigenvalue weighted by Gasteiger charge is -2.05. The Bertz CT molecular complexity index is 313. The van der Waals surface area contributed by atoms with Gasteiger partial charge in [-0.15, -0.1) is 0 Å². The van der Waals surface area contributed by atoms with Crippen LogP contribution in [-0.2, 0) is 16.0 Å². The number of hydrogen-bond acceptors (Lipinski definition) is 4. The maximum absolute atomic E-state index is 5.38. The van der Waals surface area contributed by atoms with Gasteiger partial charge in [0.25, 0.3) is 0 Å². The van der Waals surface area contributed by atoms with Gasteiger partial charge in [-0.2, -0.15) is 5.10 Å². The van der Waals surface area contributed by atoms with Crippen LogP contribution in [-0.4, -0.2) is 43.3 Å². The number of nitrogens with zero attached hydrogens (tertiary/aromatic N) is 2. The average Bonchev–Trinajstić information content (AvgIpc) is 2.81. The van der Waals surface area contributed by atoms with E-state index in [-0.39, 0.29) is 0 Å². The summed E-state index contributed by atoms with van der Waals surface area (Å²) in [6.07, 6.45) is 3.03. The Kier molecular flexibility index (Phi) is 7.64. The molecule has 1 aromatic heterocycles. The summed E-state index contributed by atoms with van der Waals surface area (Å²) >= 11 is 0. The fraction of sp³-hybridized carbons (Fsp3) is 0.769. The first-order chi connectivity index (χ1) is 8.74. The van der Waals surface area contributed by atoms with Gasteiger partial charge >= 0.3 is 0 Å². The third-order valence-electron chi connectivity index (χ3n) is 2.57. The Morgan fingerprint density at radius 1 is 1.33 bits per heavy atom. The Morgan fingerprint density at radius 2 is 2.17 bits per heavy atom. The molecule has 0 aliphatic carbocycles. The second-order valence-electron chi connectivity index (χ2n) is 4.52. The molecular formula is C13H25N3O2. The minimum Gasteiger partial charge on any atom is -0.382 e. The largest absolute Gasteiger partial charge is 0.382 e. The van der Waals surface area contributed by atoms with E-state index in [9.17, 15) is 0 Å². The van der Waals surface area contributed by atoms with Gasteiger partial charge in [0.05, 0.1) is 18.9 Å². The topological polar surface area (TPSA) is 48.3 Å². The van der Waals surface area contributed by atoms with Gasteiger partial charge in [0.2, 0.25) is 0 Å². The van der Waals surface area contributed by atoms with Gasteiger partial charge in [-0.25, -0.2) is 0 Å². The molecular weight excluding hydrogens is 230 g/mol. The summed E-state index contributed by atoms with van der Waals surface area (Å²) in [7, 11) is 1.68. The van der Waals surface area contributed by atoms with Crippen LogP contribution < -0.4 is 5.32 Å². The summed E-state index contributed by atoms with van der Waals surface area (Å²) < 4.78 is 12.3. The SMILES string of the molecule is COCCOCCCNCc1ccn(C(C)C)n1. The van der Waals surface area contributed by atoms with Crippen LogP contribution >= 0.6 is 0 Å². The van der Waals surface area contributed by atoms with Crippen molar-refractivity contribution in [2.75, 3.05) is 33.5 Å². The number of hydrogen-bond donors (Lipinski definition) is 1. The highest BCUT2D eigenvalue weighted by molar-refractivity contribution is 4.98. The van der Waals surface area contributed by atoms with Crippen LogP contribution in [0.2, 0.25) is 0 Å². The molecule has 0 fully saturated rings. The van der Waals surface area contributed by atoms with Gasteiger partial charge in [0.1, 0.15) is 0 Å².